The van der Waals surface area contributed by atoms with Crippen LogP contribution in [0.25, 0.3) is 0 Å². The zero-order valence-electron chi connectivity index (χ0n) is 11.0. The summed E-state index contributed by atoms with van der Waals surface area (Å²) in [5, 5.41) is 3.46. The van der Waals surface area contributed by atoms with Gasteiger partial charge >= 0.3 is 0 Å². The highest BCUT2D eigenvalue weighted by Gasteiger charge is 2.19. The van der Waals surface area contributed by atoms with Crippen molar-refractivity contribution in [3.8, 4) is 0 Å². The van der Waals surface area contributed by atoms with E-state index in [9.17, 15) is 9.18 Å². The maximum atomic E-state index is 13.1. The van der Waals surface area contributed by atoms with Crippen molar-refractivity contribution < 1.29 is 9.18 Å². The SMILES string of the molecule is C[C@H](NCCN1CCCC1=O)c1ccc(F)c(Cl)c1. The van der Waals surface area contributed by atoms with Gasteiger partial charge in [0.25, 0.3) is 0 Å². The highest BCUT2D eigenvalue weighted by Crippen LogP contribution is 2.20. The summed E-state index contributed by atoms with van der Waals surface area (Å²) in [4.78, 5) is 13.3. The monoisotopic (exact) mass is 284 g/mol. The van der Waals surface area contributed by atoms with Gasteiger partial charge in [-0.2, -0.15) is 0 Å². The van der Waals surface area contributed by atoms with Gasteiger partial charge in [-0.25, -0.2) is 4.39 Å². The molecule has 0 unspecified atom stereocenters. The number of likely N-dealkylation sites (tertiary alicyclic amines) is 1. The molecule has 1 aliphatic rings. The minimum Gasteiger partial charge on any atom is -0.341 e. The predicted octanol–water partition coefficient (Wildman–Crippen LogP) is 2.75. The molecule has 1 fully saturated rings. The molecular weight excluding hydrogens is 267 g/mol. The van der Waals surface area contributed by atoms with E-state index < -0.39 is 5.82 Å². The van der Waals surface area contributed by atoms with Gasteiger partial charge in [0.15, 0.2) is 0 Å². The van der Waals surface area contributed by atoms with Crippen LogP contribution in [0, 0.1) is 5.82 Å². The number of carbonyl (C=O) groups excluding carboxylic acids is 1. The molecule has 5 heteroatoms. The van der Waals surface area contributed by atoms with Crippen LogP contribution >= 0.6 is 11.6 Å². The van der Waals surface area contributed by atoms with E-state index in [0.29, 0.717) is 6.42 Å². The third-order valence-electron chi connectivity index (χ3n) is 3.45. The molecule has 0 bridgehead atoms. The summed E-state index contributed by atoms with van der Waals surface area (Å²) in [6.07, 6.45) is 1.63. The number of carbonyl (C=O) groups is 1. The van der Waals surface area contributed by atoms with E-state index in [4.69, 9.17) is 11.6 Å². The average molecular weight is 285 g/mol. The van der Waals surface area contributed by atoms with Crippen LogP contribution in [-0.4, -0.2) is 30.4 Å². The van der Waals surface area contributed by atoms with E-state index in [2.05, 4.69) is 5.32 Å². The van der Waals surface area contributed by atoms with E-state index >= 15 is 0 Å². The molecule has 104 valence electrons. The molecule has 1 atom stereocenters. The number of benzene rings is 1. The first-order valence-corrected chi connectivity index (χ1v) is 6.92. The molecular formula is C14H18ClFN2O. The maximum Gasteiger partial charge on any atom is 0.222 e. The quantitative estimate of drug-likeness (QED) is 0.902. The molecule has 1 aromatic rings. The largest absolute Gasteiger partial charge is 0.341 e. The number of halogens is 2. The van der Waals surface area contributed by atoms with Gasteiger partial charge in [-0.1, -0.05) is 17.7 Å². The van der Waals surface area contributed by atoms with Crippen LogP contribution in [0.2, 0.25) is 5.02 Å². The average Bonchev–Trinajstić information content (AvgIpc) is 2.78. The van der Waals surface area contributed by atoms with Gasteiger partial charge in [0.1, 0.15) is 5.82 Å². The normalized spacial score (nSPS) is 17.0. The van der Waals surface area contributed by atoms with E-state index in [1.165, 1.54) is 6.07 Å². The van der Waals surface area contributed by atoms with Crippen molar-refractivity contribution in [3.05, 3.63) is 34.6 Å². The third-order valence-corrected chi connectivity index (χ3v) is 3.74. The predicted molar refractivity (Wildman–Crippen MR) is 73.6 cm³/mol. The van der Waals surface area contributed by atoms with Gasteiger partial charge in [0.05, 0.1) is 5.02 Å². The second kappa shape index (κ2) is 6.35. The number of hydrogen-bond donors (Lipinski definition) is 1. The van der Waals surface area contributed by atoms with Gasteiger partial charge in [0.2, 0.25) is 5.91 Å². The van der Waals surface area contributed by atoms with E-state index in [-0.39, 0.29) is 17.0 Å². The molecule has 1 saturated heterocycles. The Bertz CT molecular complexity index is 467. The Morgan fingerprint density at radius 3 is 2.95 bits per heavy atom. The van der Waals surface area contributed by atoms with Crippen LogP contribution < -0.4 is 5.32 Å². The van der Waals surface area contributed by atoms with E-state index in [0.717, 1.165) is 31.6 Å². The van der Waals surface area contributed by atoms with Crippen molar-refractivity contribution >= 4 is 17.5 Å². The summed E-state index contributed by atoms with van der Waals surface area (Å²) in [6, 6.07) is 4.81. The van der Waals surface area contributed by atoms with Crippen molar-refractivity contribution in [1.82, 2.24) is 10.2 Å². The van der Waals surface area contributed by atoms with Crippen LogP contribution in [0.5, 0.6) is 0 Å². The van der Waals surface area contributed by atoms with Crippen molar-refractivity contribution in [2.24, 2.45) is 0 Å². The summed E-state index contributed by atoms with van der Waals surface area (Å²) in [7, 11) is 0. The highest BCUT2D eigenvalue weighted by molar-refractivity contribution is 6.30. The van der Waals surface area contributed by atoms with Crippen molar-refractivity contribution in [1.29, 1.82) is 0 Å². The van der Waals surface area contributed by atoms with Crippen molar-refractivity contribution in [2.75, 3.05) is 19.6 Å². The van der Waals surface area contributed by atoms with Gasteiger partial charge in [-0.15, -0.1) is 0 Å². The van der Waals surface area contributed by atoms with Crippen LogP contribution in [0.1, 0.15) is 31.4 Å². The molecule has 0 radical (unpaired) electrons. The van der Waals surface area contributed by atoms with E-state index in [1.54, 1.807) is 12.1 Å². The van der Waals surface area contributed by atoms with Crippen LogP contribution in [0.4, 0.5) is 4.39 Å². The Kier molecular flexibility index (Phi) is 4.77. The molecule has 2 rings (SSSR count). The van der Waals surface area contributed by atoms with Gasteiger partial charge in [0, 0.05) is 32.1 Å². The first-order chi connectivity index (χ1) is 9.08. The Hall–Kier alpha value is -1.13. The Morgan fingerprint density at radius 1 is 1.53 bits per heavy atom. The summed E-state index contributed by atoms with van der Waals surface area (Å²) < 4.78 is 13.1. The van der Waals surface area contributed by atoms with Crippen molar-refractivity contribution in [2.45, 2.75) is 25.8 Å². The number of nitrogens with one attached hydrogen (secondary N) is 1. The zero-order valence-corrected chi connectivity index (χ0v) is 11.7. The molecule has 1 heterocycles. The molecule has 3 nitrogen and oxygen atoms in total. The molecule has 1 aromatic carbocycles. The lowest BCUT2D eigenvalue weighted by Gasteiger charge is -2.19. The second-order valence-electron chi connectivity index (χ2n) is 4.83. The first kappa shape index (κ1) is 14.3. The number of amides is 1. The number of nitrogens with zero attached hydrogens (tertiary/aromatic N) is 1. The van der Waals surface area contributed by atoms with Crippen LogP contribution in [0.15, 0.2) is 18.2 Å². The van der Waals surface area contributed by atoms with Gasteiger partial charge in [-0.05, 0) is 31.0 Å². The van der Waals surface area contributed by atoms with Crippen molar-refractivity contribution in [3.63, 3.8) is 0 Å². The molecule has 1 amide bonds. The molecule has 19 heavy (non-hydrogen) atoms. The summed E-state index contributed by atoms with van der Waals surface area (Å²) in [5.74, 6) is -0.167. The lowest BCUT2D eigenvalue weighted by molar-refractivity contribution is -0.127. The topological polar surface area (TPSA) is 32.3 Å². The number of rotatable bonds is 5. The fourth-order valence-electron chi connectivity index (χ4n) is 2.26. The summed E-state index contributed by atoms with van der Waals surface area (Å²) >= 11 is 5.76. The summed E-state index contributed by atoms with van der Waals surface area (Å²) in [6.45, 7) is 4.30. The van der Waals surface area contributed by atoms with Crippen LogP contribution in [-0.2, 0) is 4.79 Å². The van der Waals surface area contributed by atoms with Gasteiger partial charge in [-0.3, -0.25) is 4.79 Å². The Morgan fingerprint density at radius 2 is 2.32 bits per heavy atom. The van der Waals surface area contributed by atoms with Gasteiger partial charge < -0.3 is 10.2 Å². The molecule has 0 aliphatic carbocycles. The maximum absolute atomic E-state index is 13.1. The van der Waals surface area contributed by atoms with Crippen LogP contribution in [0.3, 0.4) is 0 Å². The molecule has 1 aliphatic heterocycles. The minimum atomic E-state index is -0.403. The highest BCUT2D eigenvalue weighted by atomic mass is 35.5. The Labute approximate surface area is 117 Å². The standard InChI is InChI=1S/C14H18ClFN2O/c1-10(11-4-5-13(16)12(15)9-11)17-6-8-18-7-2-3-14(18)19/h4-5,9-10,17H,2-3,6-8H2,1H3/t10-/m0/s1. The third kappa shape index (κ3) is 3.67. The van der Waals surface area contributed by atoms with E-state index in [1.807, 2.05) is 11.8 Å². The molecule has 0 saturated carbocycles. The molecule has 0 aromatic heterocycles. The second-order valence-corrected chi connectivity index (χ2v) is 5.24. The fraction of sp³-hybridized carbons (Fsp3) is 0.500. The molecule has 0 spiro atoms. The summed E-state index contributed by atoms with van der Waals surface area (Å²) in [5.41, 5.74) is 0.944. The first-order valence-electron chi connectivity index (χ1n) is 6.54. The minimum absolute atomic E-state index is 0.0794. The smallest absolute Gasteiger partial charge is 0.222 e. The number of hydrogen-bond acceptors (Lipinski definition) is 2. The lowest BCUT2D eigenvalue weighted by Crippen LogP contribution is -2.33. The lowest BCUT2D eigenvalue weighted by atomic mass is 10.1. The zero-order chi connectivity index (χ0) is 13.8. The Balaban J connectivity index is 1.82. The fourth-order valence-corrected chi connectivity index (χ4v) is 2.45. The molecule has 1 N–H and O–H groups in total.